The van der Waals surface area contributed by atoms with E-state index in [0.717, 1.165) is 18.6 Å². The van der Waals surface area contributed by atoms with Crippen molar-refractivity contribution in [3.8, 4) is 0 Å². The average Bonchev–Trinajstić information content (AvgIpc) is 2.69. The first-order valence-electron chi connectivity index (χ1n) is 6.35. The van der Waals surface area contributed by atoms with Crippen molar-refractivity contribution in [1.82, 2.24) is 5.32 Å². The molecule has 1 amide bonds. The van der Waals surface area contributed by atoms with Crippen LogP contribution < -0.4 is 5.32 Å². The number of carbonyl (C=O) groups is 2. The summed E-state index contributed by atoms with van der Waals surface area (Å²) >= 11 is 1.31. The van der Waals surface area contributed by atoms with Crippen molar-refractivity contribution in [3.05, 3.63) is 12.2 Å². The molecule has 0 aromatic rings. The second kappa shape index (κ2) is 8.34. The normalized spacial score (nSPS) is 20.1. The first-order valence-corrected chi connectivity index (χ1v) is 7.33. The third-order valence-electron chi connectivity index (χ3n) is 2.71. The van der Waals surface area contributed by atoms with Gasteiger partial charge in [-0.1, -0.05) is 43.7 Å². The topological polar surface area (TPSA) is 46.2 Å². The van der Waals surface area contributed by atoms with Crippen LogP contribution in [-0.2, 0) is 9.59 Å². The summed E-state index contributed by atoms with van der Waals surface area (Å²) in [7, 11) is 0. The molecular weight excluding hydrogens is 234 g/mol. The Morgan fingerprint density at radius 1 is 1.47 bits per heavy atom. The van der Waals surface area contributed by atoms with Crippen LogP contribution in [0.5, 0.6) is 0 Å². The van der Waals surface area contributed by atoms with Gasteiger partial charge in [-0.05, 0) is 19.3 Å². The fraction of sp³-hybridized carbons (Fsp3) is 0.692. The number of hydrogen-bond donors (Lipinski definition) is 1. The monoisotopic (exact) mass is 255 g/mol. The standard InChI is InChI=1S/C13H21NO2S/c1-2-3-4-5-6-7-8-12(15)14-11-9-10-17-13(11)16/h6-7,11H,2-5,8-10H2,1H3,(H,14,15)/b7-6+/t11-/m1/s1. The van der Waals surface area contributed by atoms with E-state index in [1.807, 2.05) is 6.08 Å². The van der Waals surface area contributed by atoms with Crippen molar-refractivity contribution in [3.63, 3.8) is 0 Å². The van der Waals surface area contributed by atoms with Gasteiger partial charge in [-0.3, -0.25) is 9.59 Å². The highest BCUT2D eigenvalue weighted by molar-refractivity contribution is 8.14. The number of carbonyl (C=O) groups excluding carboxylic acids is 2. The lowest BCUT2D eigenvalue weighted by Gasteiger charge is -2.08. The fourth-order valence-electron chi connectivity index (χ4n) is 1.70. The molecule has 0 aromatic carbocycles. The minimum absolute atomic E-state index is 0.0439. The Labute approximate surface area is 107 Å². The molecule has 0 saturated carbocycles. The van der Waals surface area contributed by atoms with Gasteiger partial charge in [0, 0.05) is 12.2 Å². The zero-order chi connectivity index (χ0) is 12.5. The van der Waals surface area contributed by atoms with Gasteiger partial charge in [-0.2, -0.15) is 0 Å². The molecule has 1 atom stereocenters. The van der Waals surface area contributed by atoms with Crippen molar-refractivity contribution in [1.29, 1.82) is 0 Å². The lowest BCUT2D eigenvalue weighted by atomic mass is 10.2. The number of thioether (sulfide) groups is 1. The van der Waals surface area contributed by atoms with E-state index in [9.17, 15) is 9.59 Å². The molecule has 0 bridgehead atoms. The molecule has 1 N–H and O–H groups in total. The number of rotatable bonds is 7. The van der Waals surface area contributed by atoms with Crippen molar-refractivity contribution in [2.45, 2.75) is 51.5 Å². The maximum atomic E-state index is 11.5. The van der Waals surface area contributed by atoms with Gasteiger partial charge in [0.1, 0.15) is 0 Å². The maximum absolute atomic E-state index is 11.5. The van der Waals surface area contributed by atoms with Crippen LogP contribution in [0.1, 0.15) is 45.4 Å². The number of nitrogens with one attached hydrogen (secondary N) is 1. The molecule has 0 aliphatic carbocycles. The molecule has 1 fully saturated rings. The zero-order valence-electron chi connectivity index (χ0n) is 10.4. The molecule has 4 heteroatoms. The van der Waals surface area contributed by atoms with Crippen molar-refractivity contribution in [2.75, 3.05) is 5.75 Å². The summed E-state index contributed by atoms with van der Waals surface area (Å²) in [6.45, 7) is 2.17. The molecule has 1 aliphatic rings. The first kappa shape index (κ1) is 14.3. The predicted octanol–water partition coefficient (Wildman–Crippen LogP) is 2.66. The molecule has 0 unspecified atom stereocenters. The number of hydrogen-bond acceptors (Lipinski definition) is 3. The Morgan fingerprint density at radius 2 is 2.29 bits per heavy atom. The van der Waals surface area contributed by atoms with Crippen LogP contribution >= 0.6 is 11.8 Å². The zero-order valence-corrected chi connectivity index (χ0v) is 11.2. The van der Waals surface area contributed by atoms with Gasteiger partial charge < -0.3 is 5.32 Å². The Morgan fingerprint density at radius 3 is 2.94 bits per heavy atom. The molecule has 0 aromatic heterocycles. The molecule has 1 heterocycles. The predicted molar refractivity (Wildman–Crippen MR) is 71.9 cm³/mol. The van der Waals surface area contributed by atoms with Gasteiger partial charge in [0.15, 0.2) is 0 Å². The molecule has 1 rings (SSSR count). The Bertz CT molecular complexity index is 289. The molecule has 1 aliphatic heterocycles. The van der Waals surface area contributed by atoms with E-state index in [1.54, 1.807) is 0 Å². The summed E-state index contributed by atoms with van der Waals surface area (Å²) in [5.74, 6) is 0.786. The van der Waals surface area contributed by atoms with E-state index >= 15 is 0 Å². The molecule has 96 valence electrons. The maximum Gasteiger partial charge on any atom is 0.224 e. The van der Waals surface area contributed by atoms with Crippen molar-refractivity contribution < 1.29 is 9.59 Å². The van der Waals surface area contributed by atoms with Crippen LogP contribution in [-0.4, -0.2) is 22.8 Å². The highest BCUT2D eigenvalue weighted by Crippen LogP contribution is 2.19. The van der Waals surface area contributed by atoms with Gasteiger partial charge in [-0.15, -0.1) is 0 Å². The van der Waals surface area contributed by atoms with Crippen LogP contribution in [0.3, 0.4) is 0 Å². The quantitative estimate of drug-likeness (QED) is 0.562. The average molecular weight is 255 g/mol. The first-order chi connectivity index (χ1) is 8.24. The van der Waals surface area contributed by atoms with E-state index in [-0.39, 0.29) is 17.1 Å². The summed E-state index contributed by atoms with van der Waals surface area (Å²) in [5.41, 5.74) is 0. The lowest BCUT2D eigenvalue weighted by Crippen LogP contribution is -2.36. The summed E-state index contributed by atoms with van der Waals surface area (Å²) in [6.07, 6.45) is 9.81. The van der Waals surface area contributed by atoms with Crippen LogP contribution in [0.15, 0.2) is 12.2 Å². The summed E-state index contributed by atoms with van der Waals surface area (Å²) < 4.78 is 0. The van der Waals surface area contributed by atoms with E-state index in [4.69, 9.17) is 0 Å². The van der Waals surface area contributed by atoms with Crippen molar-refractivity contribution in [2.24, 2.45) is 0 Å². The minimum atomic E-state index is -0.249. The van der Waals surface area contributed by atoms with E-state index < -0.39 is 0 Å². The van der Waals surface area contributed by atoms with Gasteiger partial charge >= 0.3 is 0 Å². The number of amides is 1. The van der Waals surface area contributed by atoms with Crippen molar-refractivity contribution >= 4 is 22.8 Å². The third-order valence-corrected chi connectivity index (χ3v) is 3.72. The summed E-state index contributed by atoms with van der Waals surface area (Å²) in [6, 6.07) is -0.249. The molecular formula is C13H21NO2S. The minimum Gasteiger partial charge on any atom is -0.345 e. The second-order valence-electron chi connectivity index (χ2n) is 4.25. The summed E-state index contributed by atoms with van der Waals surface area (Å²) in [5, 5.41) is 2.87. The van der Waals surface area contributed by atoms with Crippen LogP contribution in [0.4, 0.5) is 0 Å². The lowest BCUT2D eigenvalue weighted by molar-refractivity contribution is -0.123. The molecule has 0 radical (unpaired) electrons. The molecule has 3 nitrogen and oxygen atoms in total. The third kappa shape index (κ3) is 5.91. The van der Waals surface area contributed by atoms with Crippen LogP contribution in [0.2, 0.25) is 0 Å². The largest absolute Gasteiger partial charge is 0.345 e. The number of allylic oxidation sites excluding steroid dienone is 1. The smallest absolute Gasteiger partial charge is 0.224 e. The highest BCUT2D eigenvalue weighted by atomic mass is 32.2. The van der Waals surface area contributed by atoms with E-state index in [1.165, 1.54) is 31.0 Å². The van der Waals surface area contributed by atoms with E-state index in [0.29, 0.717) is 6.42 Å². The molecule has 0 spiro atoms. The Kier molecular flexibility index (Phi) is 7.01. The molecule has 17 heavy (non-hydrogen) atoms. The fourth-order valence-corrected chi connectivity index (χ4v) is 2.63. The number of unbranched alkanes of at least 4 members (excludes halogenated alkanes) is 3. The van der Waals surface area contributed by atoms with Gasteiger partial charge in [0.2, 0.25) is 11.0 Å². The Balaban J connectivity index is 2.10. The second-order valence-corrected chi connectivity index (χ2v) is 5.35. The Hall–Kier alpha value is -0.770. The van der Waals surface area contributed by atoms with E-state index in [2.05, 4.69) is 18.3 Å². The summed E-state index contributed by atoms with van der Waals surface area (Å²) in [4.78, 5) is 22.8. The van der Waals surface area contributed by atoms with Crippen LogP contribution in [0.25, 0.3) is 0 Å². The van der Waals surface area contributed by atoms with Gasteiger partial charge in [0.25, 0.3) is 0 Å². The SMILES string of the molecule is CCCCC/C=C/CC(=O)N[C@@H]1CCSC1=O. The van der Waals surface area contributed by atoms with Gasteiger partial charge in [-0.25, -0.2) is 0 Å². The van der Waals surface area contributed by atoms with Crippen LogP contribution in [0, 0.1) is 0 Å². The van der Waals surface area contributed by atoms with Gasteiger partial charge in [0.05, 0.1) is 6.04 Å². The molecule has 1 saturated heterocycles. The highest BCUT2D eigenvalue weighted by Gasteiger charge is 2.26.